The van der Waals surface area contributed by atoms with Crippen LogP contribution in [0.3, 0.4) is 0 Å². The minimum atomic E-state index is -0.440. The van der Waals surface area contributed by atoms with E-state index >= 15 is 0 Å². The molecule has 0 unspecified atom stereocenters. The summed E-state index contributed by atoms with van der Waals surface area (Å²) in [5.74, 6) is 0. The van der Waals surface area contributed by atoms with Gasteiger partial charge in [0.1, 0.15) is 0 Å². The molecule has 1 fully saturated rings. The molecule has 0 bridgehead atoms. The minimum Gasteiger partial charge on any atom is -0.376 e. The Kier molecular flexibility index (Phi) is 4.18. The molecular formula is C14H20N2O2. The number of benzene rings is 1. The molecular weight excluding hydrogens is 228 g/mol. The highest BCUT2D eigenvalue weighted by Gasteiger charge is 2.33. The summed E-state index contributed by atoms with van der Waals surface area (Å²) < 4.78 is 0. The lowest BCUT2D eigenvalue weighted by Crippen LogP contribution is -2.41. The van der Waals surface area contributed by atoms with Crippen molar-refractivity contribution in [3.8, 4) is 0 Å². The predicted octanol–water partition coefficient (Wildman–Crippen LogP) is 3.25. The minimum absolute atomic E-state index is 0.0266. The molecule has 98 valence electrons. The smallest absolute Gasteiger partial charge is 0.232 e. The molecule has 0 radical (unpaired) electrons. The quantitative estimate of drug-likeness (QED) is 0.657. The van der Waals surface area contributed by atoms with Crippen LogP contribution in [-0.4, -0.2) is 17.0 Å². The third-order valence-corrected chi connectivity index (χ3v) is 3.71. The zero-order chi connectivity index (χ0) is 13.0. The second-order valence-corrected chi connectivity index (χ2v) is 4.94. The molecule has 1 aliphatic carbocycles. The summed E-state index contributed by atoms with van der Waals surface area (Å²) in [6, 6.07) is 7.72. The van der Waals surface area contributed by atoms with Crippen LogP contribution in [0.2, 0.25) is 0 Å². The van der Waals surface area contributed by atoms with Gasteiger partial charge < -0.3 is 5.32 Å². The fourth-order valence-corrected chi connectivity index (χ4v) is 2.58. The highest BCUT2D eigenvalue weighted by Crippen LogP contribution is 2.24. The van der Waals surface area contributed by atoms with Crippen LogP contribution in [0.5, 0.6) is 0 Å². The molecule has 2 atom stereocenters. The molecule has 0 aliphatic heterocycles. The Morgan fingerprint density at radius 1 is 1.28 bits per heavy atom. The van der Waals surface area contributed by atoms with E-state index in [9.17, 15) is 10.1 Å². The Morgan fingerprint density at radius 3 is 2.56 bits per heavy atom. The largest absolute Gasteiger partial charge is 0.376 e. The number of aryl methyl sites for hydroxylation is 1. The number of nitro groups is 1. The zero-order valence-electron chi connectivity index (χ0n) is 10.8. The molecule has 2 rings (SSSR count). The summed E-state index contributed by atoms with van der Waals surface area (Å²) in [7, 11) is 0. The molecule has 4 heteroatoms. The van der Waals surface area contributed by atoms with Crippen LogP contribution in [0, 0.1) is 10.1 Å². The average Bonchev–Trinajstić information content (AvgIpc) is 2.40. The Balaban J connectivity index is 2.03. The van der Waals surface area contributed by atoms with Gasteiger partial charge in [0, 0.05) is 17.0 Å². The Morgan fingerprint density at radius 2 is 1.94 bits per heavy atom. The van der Waals surface area contributed by atoms with Gasteiger partial charge in [0.25, 0.3) is 0 Å². The molecule has 1 N–H and O–H groups in total. The first-order valence-electron chi connectivity index (χ1n) is 6.69. The van der Waals surface area contributed by atoms with Crippen LogP contribution in [0.1, 0.15) is 38.2 Å². The van der Waals surface area contributed by atoms with E-state index in [0.717, 1.165) is 31.4 Å². The van der Waals surface area contributed by atoms with Gasteiger partial charge in [-0.05, 0) is 37.0 Å². The third kappa shape index (κ3) is 3.00. The standard InChI is InChI=1S/C14H20N2O2/c1-2-11-7-9-12(10-8-11)15-13-5-3-4-6-14(13)16(17)18/h7-10,13-15H,2-6H2,1H3/t13-,14-/m1/s1. The lowest BCUT2D eigenvalue weighted by atomic mass is 9.90. The Bertz CT molecular complexity index is 403. The third-order valence-electron chi connectivity index (χ3n) is 3.71. The van der Waals surface area contributed by atoms with E-state index in [1.54, 1.807) is 0 Å². The van der Waals surface area contributed by atoms with E-state index in [4.69, 9.17) is 0 Å². The van der Waals surface area contributed by atoms with Crippen molar-refractivity contribution in [2.24, 2.45) is 0 Å². The second-order valence-electron chi connectivity index (χ2n) is 4.94. The SMILES string of the molecule is CCc1ccc(N[C@@H]2CCCC[C@H]2[N+](=O)[O-])cc1. The lowest BCUT2D eigenvalue weighted by Gasteiger charge is -2.27. The maximum Gasteiger partial charge on any atom is 0.232 e. The van der Waals surface area contributed by atoms with Crippen LogP contribution in [0.25, 0.3) is 0 Å². The van der Waals surface area contributed by atoms with E-state index in [1.807, 2.05) is 12.1 Å². The highest BCUT2D eigenvalue weighted by atomic mass is 16.6. The topological polar surface area (TPSA) is 55.2 Å². The van der Waals surface area contributed by atoms with E-state index in [1.165, 1.54) is 5.56 Å². The molecule has 0 amide bonds. The first-order valence-corrected chi connectivity index (χ1v) is 6.69. The van der Waals surface area contributed by atoms with Crippen LogP contribution < -0.4 is 5.32 Å². The predicted molar refractivity (Wildman–Crippen MR) is 72.5 cm³/mol. The molecule has 4 nitrogen and oxygen atoms in total. The van der Waals surface area contributed by atoms with Crippen molar-refractivity contribution in [1.29, 1.82) is 0 Å². The lowest BCUT2D eigenvalue weighted by molar-refractivity contribution is -0.527. The van der Waals surface area contributed by atoms with Crippen molar-refractivity contribution >= 4 is 5.69 Å². The Hall–Kier alpha value is -1.58. The van der Waals surface area contributed by atoms with Gasteiger partial charge in [0.05, 0.1) is 6.04 Å². The number of rotatable bonds is 4. The van der Waals surface area contributed by atoms with E-state index < -0.39 is 6.04 Å². The normalized spacial score (nSPS) is 23.6. The van der Waals surface area contributed by atoms with E-state index in [0.29, 0.717) is 6.42 Å². The van der Waals surface area contributed by atoms with Gasteiger partial charge in [-0.15, -0.1) is 0 Å². The molecule has 0 saturated heterocycles. The molecule has 1 aromatic carbocycles. The molecule has 1 saturated carbocycles. The first kappa shape index (κ1) is 12.9. The fourth-order valence-electron chi connectivity index (χ4n) is 2.58. The monoisotopic (exact) mass is 248 g/mol. The summed E-state index contributed by atoms with van der Waals surface area (Å²) in [6.45, 7) is 2.12. The Labute approximate surface area is 108 Å². The van der Waals surface area contributed by atoms with Gasteiger partial charge in [0.15, 0.2) is 0 Å². The van der Waals surface area contributed by atoms with Gasteiger partial charge in [0.2, 0.25) is 6.04 Å². The number of hydrogen-bond acceptors (Lipinski definition) is 3. The van der Waals surface area contributed by atoms with Gasteiger partial charge in [-0.25, -0.2) is 0 Å². The summed E-state index contributed by atoms with van der Waals surface area (Å²) >= 11 is 0. The van der Waals surface area contributed by atoms with Gasteiger partial charge in [-0.3, -0.25) is 10.1 Å². The molecule has 0 aromatic heterocycles. The van der Waals surface area contributed by atoms with Crippen molar-refractivity contribution in [2.45, 2.75) is 51.1 Å². The van der Waals surface area contributed by atoms with Crippen molar-refractivity contribution in [3.05, 3.63) is 39.9 Å². The second kappa shape index (κ2) is 5.85. The molecule has 0 heterocycles. The number of anilines is 1. The van der Waals surface area contributed by atoms with Gasteiger partial charge in [-0.2, -0.15) is 0 Å². The zero-order valence-corrected chi connectivity index (χ0v) is 10.8. The average molecular weight is 248 g/mol. The molecule has 1 aromatic rings. The van der Waals surface area contributed by atoms with Crippen LogP contribution in [-0.2, 0) is 6.42 Å². The molecule has 18 heavy (non-hydrogen) atoms. The van der Waals surface area contributed by atoms with Crippen LogP contribution >= 0.6 is 0 Å². The maximum atomic E-state index is 11.0. The molecule has 0 spiro atoms. The molecule has 1 aliphatic rings. The van der Waals surface area contributed by atoms with Gasteiger partial charge >= 0.3 is 0 Å². The van der Waals surface area contributed by atoms with Crippen molar-refractivity contribution < 1.29 is 4.92 Å². The summed E-state index contributed by atoms with van der Waals surface area (Å²) in [4.78, 5) is 10.9. The number of nitrogens with zero attached hydrogens (tertiary/aromatic N) is 1. The highest BCUT2D eigenvalue weighted by molar-refractivity contribution is 5.45. The van der Waals surface area contributed by atoms with Crippen molar-refractivity contribution in [2.75, 3.05) is 5.32 Å². The van der Waals surface area contributed by atoms with Crippen LogP contribution in [0.15, 0.2) is 24.3 Å². The van der Waals surface area contributed by atoms with Crippen molar-refractivity contribution in [3.63, 3.8) is 0 Å². The number of nitrogens with one attached hydrogen (secondary N) is 1. The fraction of sp³-hybridized carbons (Fsp3) is 0.571. The van der Waals surface area contributed by atoms with Crippen molar-refractivity contribution in [1.82, 2.24) is 0 Å². The summed E-state index contributed by atoms with van der Waals surface area (Å²) in [5, 5.41) is 14.3. The summed E-state index contributed by atoms with van der Waals surface area (Å²) in [6.07, 6.45) is 4.65. The first-order chi connectivity index (χ1) is 8.70. The maximum absolute atomic E-state index is 11.0. The summed E-state index contributed by atoms with van der Waals surface area (Å²) in [5.41, 5.74) is 2.28. The van der Waals surface area contributed by atoms with E-state index in [2.05, 4.69) is 24.4 Å². The van der Waals surface area contributed by atoms with E-state index in [-0.39, 0.29) is 11.0 Å². The van der Waals surface area contributed by atoms with Crippen LogP contribution in [0.4, 0.5) is 5.69 Å². The van der Waals surface area contributed by atoms with Gasteiger partial charge in [-0.1, -0.05) is 25.5 Å². The number of hydrogen-bond donors (Lipinski definition) is 1.